The number of rotatable bonds is 8. The molecule has 0 spiro atoms. The Kier molecular flexibility index (Phi) is 7.03. The van der Waals surface area contributed by atoms with Crippen LogP contribution in [0.3, 0.4) is 0 Å². The third-order valence-electron chi connectivity index (χ3n) is 4.85. The number of nitrogens with one attached hydrogen (secondary N) is 1. The van der Waals surface area contributed by atoms with E-state index in [1.165, 1.54) is 6.20 Å². The molecular weight excluding hydrogens is 375 g/mol. The molecule has 1 fully saturated rings. The van der Waals surface area contributed by atoms with E-state index in [4.69, 9.17) is 20.5 Å². The van der Waals surface area contributed by atoms with E-state index in [2.05, 4.69) is 20.2 Å². The van der Waals surface area contributed by atoms with Gasteiger partial charge in [-0.3, -0.25) is 0 Å². The van der Waals surface area contributed by atoms with Crippen molar-refractivity contribution in [3.8, 4) is 17.6 Å². The molecule has 0 amide bonds. The fraction of sp³-hybridized carbons (Fsp3) is 0.450. The summed E-state index contributed by atoms with van der Waals surface area (Å²) >= 11 is 0. The zero-order chi connectivity index (χ0) is 20.6. The number of nitrogen functional groups attached to an aromatic ring is 1. The second-order valence-corrected chi connectivity index (χ2v) is 6.71. The molecule has 1 aliphatic heterocycles. The van der Waals surface area contributed by atoms with Crippen molar-refractivity contribution in [3.63, 3.8) is 0 Å². The van der Waals surface area contributed by atoms with E-state index in [1.54, 1.807) is 13.2 Å². The van der Waals surface area contributed by atoms with Crippen molar-refractivity contribution < 1.29 is 13.9 Å². The van der Waals surface area contributed by atoms with Crippen molar-refractivity contribution in [3.05, 3.63) is 35.5 Å². The number of hydrogen-bond donors (Lipinski definition) is 2. The van der Waals surface area contributed by atoms with Crippen LogP contribution in [-0.4, -0.2) is 49.5 Å². The molecule has 1 saturated heterocycles. The monoisotopic (exact) mass is 400 g/mol. The maximum absolute atomic E-state index is 12.6. The van der Waals surface area contributed by atoms with Gasteiger partial charge in [0, 0.05) is 12.6 Å². The highest BCUT2D eigenvalue weighted by atomic mass is 19.1. The van der Waals surface area contributed by atoms with Crippen LogP contribution in [0.25, 0.3) is 0 Å². The lowest BCUT2D eigenvalue weighted by molar-refractivity contribution is 0.260. The normalized spacial score (nSPS) is 14.2. The van der Waals surface area contributed by atoms with Crippen LogP contribution in [0, 0.1) is 11.3 Å². The summed E-state index contributed by atoms with van der Waals surface area (Å²) < 4.78 is 23.3. The topological polar surface area (TPSA) is 109 Å². The Morgan fingerprint density at radius 1 is 1.34 bits per heavy atom. The second kappa shape index (κ2) is 9.89. The molecule has 3 rings (SSSR count). The number of piperidine rings is 1. The lowest BCUT2D eigenvalue weighted by Crippen LogP contribution is -2.43. The lowest BCUT2D eigenvalue weighted by atomic mass is 10.0. The van der Waals surface area contributed by atoms with Gasteiger partial charge in [-0.25, -0.2) is 9.37 Å². The Morgan fingerprint density at radius 3 is 2.79 bits per heavy atom. The number of nitrogens with two attached hydrogens (primary N) is 1. The minimum absolute atomic E-state index is 0.0346. The highest BCUT2D eigenvalue weighted by molar-refractivity contribution is 5.51. The second-order valence-electron chi connectivity index (χ2n) is 6.71. The molecule has 9 heteroatoms. The first-order valence-electron chi connectivity index (χ1n) is 9.52. The van der Waals surface area contributed by atoms with Crippen molar-refractivity contribution in [2.75, 3.05) is 44.1 Å². The van der Waals surface area contributed by atoms with Crippen LogP contribution in [0.4, 0.5) is 16.2 Å². The molecule has 1 aliphatic rings. The zero-order valence-electron chi connectivity index (χ0n) is 16.4. The zero-order valence-corrected chi connectivity index (χ0v) is 16.4. The molecule has 8 nitrogen and oxygen atoms in total. The molecule has 1 aromatic carbocycles. The average Bonchev–Trinajstić information content (AvgIpc) is 2.76. The molecule has 0 aliphatic carbocycles. The van der Waals surface area contributed by atoms with Gasteiger partial charge in [0.25, 0.3) is 0 Å². The van der Waals surface area contributed by atoms with Crippen molar-refractivity contribution in [1.29, 1.82) is 5.26 Å². The first-order valence-corrected chi connectivity index (χ1v) is 9.52. The van der Waals surface area contributed by atoms with Crippen molar-refractivity contribution in [1.82, 2.24) is 15.3 Å². The summed E-state index contributed by atoms with van der Waals surface area (Å²) in [4.78, 5) is 10.8. The van der Waals surface area contributed by atoms with Crippen molar-refractivity contribution in [2.24, 2.45) is 0 Å². The van der Waals surface area contributed by atoms with E-state index < -0.39 is 6.67 Å². The van der Waals surface area contributed by atoms with E-state index in [0.29, 0.717) is 24.0 Å². The summed E-state index contributed by atoms with van der Waals surface area (Å²) in [6, 6.07) is 7.79. The van der Waals surface area contributed by atoms with Crippen LogP contribution in [0.5, 0.6) is 11.5 Å². The largest absolute Gasteiger partial charge is 0.493 e. The van der Waals surface area contributed by atoms with Crippen LogP contribution in [0.15, 0.2) is 24.4 Å². The van der Waals surface area contributed by atoms with E-state index in [9.17, 15) is 4.39 Å². The predicted octanol–water partition coefficient (Wildman–Crippen LogP) is 2.05. The summed E-state index contributed by atoms with van der Waals surface area (Å²) in [5, 5.41) is 12.5. The van der Waals surface area contributed by atoms with Gasteiger partial charge in [0.05, 0.1) is 13.3 Å². The molecule has 0 radical (unpaired) electrons. The number of benzene rings is 1. The smallest absolute Gasteiger partial charge is 0.227 e. The van der Waals surface area contributed by atoms with Crippen LogP contribution in [0.1, 0.15) is 24.0 Å². The fourth-order valence-electron chi connectivity index (χ4n) is 3.37. The van der Waals surface area contributed by atoms with Crippen LogP contribution in [0.2, 0.25) is 0 Å². The molecular formula is C20H25FN6O2. The van der Waals surface area contributed by atoms with Gasteiger partial charge in [-0.15, -0.1) is 0 Å². The number of alkyl halides is 1. The summed E-state index contributed by atoms with van der Waals surface area (Å²) in [5.41, 5.74) is 7.13. The molecule has 3 N–H and O–H groups in total. The molecule has 2 aromatic rings. The summed E-state index contributed by atoms with van der Waals surface area (Å²) in [5.74, 6) is 1.69. The molecule has 1 aromatic heterocycles. The first-order chi connectivity index (χ1) is 14.2. The fourth-order valence-corrected chi connectivity index (χ4v) is 3.37. The Bertz CT molecular complexity index is 867. The Balaban J connectivity index is 1.91. The maximum Gasteiger partial charge on any atom is 0.227 e. The van der Waals surface area contributed by atoms with E-state index in [1.807, 2.05) is 18.2 Å². The van der Waals surface area contributed by atoms with Crippen LogP contribution < -0.4 is 25.4 Å². The number of nitriles is 1. The molecule has 0 bridgehead atoms. The minimum Gasteiger partial charge on any atom is -0.493 e. The molecule has 2 heterocycles. The van der Waals surface area contributed by atoms with E-state index in [0.717, 1.165) is 31.5 Å². The van der Waals surface area contributed by atoms with Gasteiger partial charge in [-0.1, -0.05) is 6.07 Å². The van der Waals surface area contributed by atoms with Gasteiger partial charge < -0.3 is 25.4 Å². The number of ether oxygens (including phenoxy) is 2. The van der Waals surface area contributed by atoms with Crippen LogP contribution >= 0.6 is 0 Å². The average molecular weight is 400 g/mol. The first kappa shape index (κ1) is 20.6. The molecule has 154 valence electrons. The number of halogens is 1. The van der Waals surface area contributed by atoms with Gasteiger partial charge in [-0.2, -0.15) is 10.2 Å². The van der Waals surface area contributed by atoms with E-state index in [-0.39, 0.29) is 24.0 Å². The van der Waals surface area contributed by atoms with Crippen molar-refractivity contribution in [2.45, 2.75) is 25.4 Å². The highest BCUT2D eigenvalue weighted by Gasteiger charge is 2.24. The van der Waals surface area contributed by atoms with Crippen LogP contribution in [-0.2, 0) is 6.54 Å². The number of hydrogen-bond acceptors (Lipinski definition) is 8. The third kappa shape index (κ3) is 5.03. The Labute approximate surface area is 169 Å². The van der Waals surface area contributed by atoms with Crippen molar-refractivity contribution >= 4 is 11.8 Å². The third-order valence-corrected chi connectivity index (χ3v) is 4.85. The van der Waals surface area contributed by atoms with Gasteiger partial charge in [0.2, 0.25) is 5.95 Å². The van der Waals surface area contributed by atoms with Gasteiger partial charge in [-0.05, 0) is 43.6 Å². The molecule has 0 unspecified atom stereocenters. The summed E-state index contributed by atoms with van der Waals surface area (Å²) in [7, 11) is 1.55. The molecule has 29 heavy (non-hydrogen) atoms. The Morgan fingerprint density at radius 2 is 2.14 bits per heavy atom. The van der Waals surface area contributed by atoms with E-state index >= 15 is 0 Å². The van der Waals surface area contributed by atoms with Gasteiger partial charge in [0.1, 0.15) is 30.7 Å². The standard InChI is InChI=1S/C20H25FN6O2/c1-28-17-3-2-14(10-18(17)29-9-6-21)13-27(16-4-7-24-8-5-16)20-25-12-15(11-22)19(23)26-20/h2-3,10,12,16,24H,4-9,13H2,1H3,(H2,23,25,26). The quantitative estimate of drug-likeness (QED) is 0.693. The number of methoxy groups -OCH3 is 1. The highest BCUT2D eigenvalue weighted by Crippen LogP contribution is 2.30. The minimum atomic E-state index is -0.576. The number of anilines is 2. The molecule has 0 atom stereocenters. The van der Waals surface area contributed by atoms with Gasteiger partial charge >= 0.3 is 0 Å². The molecule has 0 saturated carbocycles. The number of nitrogens with zero attached hydrogens (tertiary/aromatic N) is 4. The maximum atomic E-state index is 12.6. The SMILES string of the molecule is COc1ccc(CN(c2ncc(C#N)c(N)n2)C2CCNCC2)cc1OCCF. The Hall–Kier alpha value is -3.12. The predicted molar refractivity (Wildman–Crippen MR) is 108 cm³/mol. The lowest BCUT2D eigenvalue weighted by Gasteiger charge is -2.35. The summed E-state index contributed by atoms with van der Waals surface area (Å²) in [6.45, 7) is 1.72. The number of aromatic nitrogens is 2. The summed E-state index contributed by atoms with van der Waals surface area (Å²) in [6.07, 6.45) is 3.32. The van der Waals surface area contributed by atoms with Gasteiger partial charge in [0.15, 0.2) is 11.5 Å².